The van der Waals surface area contributed by atoms with Gasteiger partial charge in [0, 0.05) is 0 Å². The van der Waals surface area contributed by atoms with Gasteiger partial charge in [-0.1, -0.05) is 6.58 Å². The van der Waals surface area contributed by atoms with Crippen molar-refractivity contribution in [1.82, 2.24) is 0 Å². The van der Waals surface area contributed by atoms with Crippen LogP contribution in [0.2, 0.25) is 0 Å². The molecule has 0 spiro atoms. The number of rotatable bonds is 0. The minimum Gasteiger partial charge on any atom is -0.0911 e. The summed E-state index contributed by atoms with van der Waals surface area (Å²) < 4.78 is 0. The second-order valence-electron chi connectivity index (χ2n) is 0.814. The smallest absolute Gasteiger partial charge is 0.0105 e. The lowest BCUT2D eigenvalue weighted by atomic mass is 10.7. The molecule has 1 rings (SSSR count). The molecule has 19 valence electrons. The van der Waals surface area contributed by atoms with E-state index >= 15 is 0 Å². The molecule has 1 aliphatic rings. The summed E-state index contributed by atoms with van der Waals surface area (Å²) in [6, 6.07) is 0. The summed E-state index contributed by atoms with van der Waals surface area (Å²) in [4.78, 5) is 0. The van der Waals surface area contributed by atoms with Crippen LogP contribution in [0.4, 0.5) is 0 Å². The van der Waals surface area contributed by atoms with E-state index < -0.39 is 0 Å². The Morgan fingerprint density at radius 1 is 2.00 bits per heavy atom. The molecule has 0 aromatic rings. The fraction of sp³-hybridized carbons (Fsp3) is 0. The van der Waals surface area contributed by atoms with Crippen LogP contribution in [0.25, 0.3) is 0 Å². The van der Waals surface area contributed by atoms with Crippen LogP contribution in [0.1, 0.15) is 0 Å². The molecular weight excluding hydrogens is 48.0 g/mol. The molecule has 0 heterocycles. The second-order valence-corrected chi connectivity index (χ2v) is 0.814. The molecule has 0 saturated heterocycles. The van der Waals surface area contributed by atoms with Crippen molar-refractivity contribution in [3.63, 3.8) is 0 Å². The van der Waals surface area contributed by atoms with E-state index in [9.17, 15) is 0 Å². The maximum absolute atomic E-state index is 3.50. The molecule has 0 bridgehead atoms. The molecule has 4 heavy (non-hydrogen) atoms. The summed E-state index contributed by atoms with van der Waals surface area (Å²) in [6.45, 7) is 3.50. The lowest BCUT2D eigenvalue weighted by Crippen LogP contribution is -1.20. The van der Waals surface area contributed by atoms with Gasteiger partial charge < -0.3 is 0 Å². The molecule has 1 radical (unpaired) electrons. The van der Waals surface area contributed by atoms with E-state index in [2.05, 4.69) is 12.7 Å². The maximum Gasteiger partial charge on any atom is -0.0105 e. The van der Waals surface area contributed by atoms with Gasteiger partial charge in [-0.3, -0.25) is 0 Å². The van der Waals surface area contributed by atoms with Crippen molar-refractivity contribution in [3.8, 4) is 0 Å². The van der Waals surface area contributed by atoms with E-state index in [1.165, 1.54) is 0 Å². The Morgan fingerprint density at radius 2 is 2.25 bits per heavy atom. The minimum atomic E-state index is 1.04. The van der Waals surface area contributed by atoms with E-state index in [0.717, 1.165) is 5.57 Å². The summed E-state index contributed by atoms with van der Waals surface area (Å²) in [5.41, 5.74) is 1.04. The predicted octanol–water partition coefficient (Wildman–Crippen LogP) is 0.916. The molecule has 0 aromatic carbocycles. The normalized spacial score (nSPS) is 17.5. The van der Waals surface area contributed by atoms with Gasteiger partial charge in [-0.25, -0.2) is 0 Å². The van der Waals surface area contributed by atoms with Crippen molar-refractivity contribution in [2.75, 3.05) is 0 Å². The van der Waals surface area contributed by atoms with Crippen molar-refractivity contribution in [2.45, 2.75) is 0 Å². The summed E-state index contributed by atoms with van der Waals surface area (Å²) >= 11 is 0. The van der Waals surface area contributed by atoms with Gasteiger partial charge in [-0.15, -0.1) is 0 Å². The van der Waals surface area contributed by atoms with E-state index in [4.69, 9.17) is 0 Å². The number of hydrogen-bond donors (Lipinski definition) is 0. The zero-order chi connectivity index (χ0) is 2.99. The van der Waals surface area contributed by atoms with Crippen LogP contribution < -0.4 is 0 Å². The van der Waals surface area contributed by atoms with Crippen LogP contribution >= 0.6 is 0 Å². The van der Waals surface area contributed by atoms with Gasteiger partial charge in [0.2, 0.25) is 0 Å². The van der Waals surface area contributed by atoms with E-state index in [1.807, 2.05) is 6.08 Å². The first-order chi connectivity index (χ1) is 1.89. The Kier molecular flexibility index (Phi) is 0.120. The molecule has 0 aromatic heterocycles. The zero-order valence-electron chi connectivity index (χ0n) is 2.28. The van der Waals surface area contributed by atoms with Crippen LogP contribution in [0, 0.1) is 6.08 Å². The quantitative estimate of drug-likeness (QED) is 0.383. The number of allylic oxidation sites excluding steroid dienone is 3. The predicted molar refractivity (Wildman–Crippen MR) is 17.0 cm³/mol. The highest BCUT2D eigenvalue weighted by molar-refractivity contribution is 5.36. The van der Waals surface area contributed by atoms with Gasteiger partial charge in [0.1, 0.15) is 0 Å². The Bertz CT molecular complexity index is 60.1. The molecule has 0 amide bonds. The molecule has 0 saturated carbocycles. The second kappa shape index (κ2) is 0.271. The first kappa shape index (κ1) is 1.77. The molecule has 1 aliphatic carbocycles. The SMILES string of the molecule is C=C1[C]=C1. The van der Waals surface area contributed by atoms with Gasteiger partial charge in [0.15, 0.2) is 0 Å². The standard InChI is InChI=1S/C4H3/c1-4-2-3-4/h2H,1H2. The van der Waals surface area contributed by atoms with Gasteiger partial charge in [-0.2, -0.15) is 0 Å². The van der Waals surface area contributed by atoms with Crippen molar-refractivity contribution in [2.24, 2.45) is 0 Å². The number of hydrogen-bond acceptors (Lipinski definition) is 0. The van der Waals surface area contributed by atoms with Crippen LogP contribution in [0.15, 0.2) is 18.2 Å². The zero-order valence-corrected chi connectivity index (χ0v) is 2.28. The van der Waals surface area contributed by atoms with Gasteiger partial charge in [-0.05, 0) is 17.7 Å². The lowest BCUT2D eigenvalue weighted by molar-refractivity contribution is 2.12. The molecule has 0 fully saturated rings. The third kappa shape index (κ3) is 0.0554. The Morgan fingerprint density at radius 3 is 2.25 bits per heavy atom. The average molecular weight is 51.1 g/mol. The minimum absolute atomic E-state index is 1.04. The highest BCUT2D eigenvalue weighted by Crippen LogP contribution is 2.05. The third-order valence-electron chi connectivity index (χ3n) is 0.348. The molecular formula is C4H3. The lowest BCUT2D eigenvalue weighted by Gasteiger charge is -1.38. The average Bonchev–Trinajstić information content (AvgIpc) is 1.75. The topological polar surface area (TPSA) is 0 Å². The van der Waals surface area contributed by atoms with Crippen LogP contribution in [0.3, 0.4) is 0 Å². The van der Waals surface area contributed by atoms with Crippen LogP contribution in [0.5, 0.6) is 0 Å². The van der Waals surface area contributed by atoms with Gasteiger partial charge >= 0.3 is 0 Å². The summed E-state index contributed by atoms with van der Waals surface area (Å²) in [6.07, 6.45) is 4.62. The first-order valence-electron chi connectivity index (χ1n) is 1.18. The Hall–Kier alpha value is -0.520. The van der Waals surface area contributed by atoms with Crippen molar-refractivity contribution < 1.29 is 0 Å². The van der Waals surface area contributed by atoms with E-state index in [1.54, 1.807) is 0 Å². The fourth-order valence-corrected chi connectivity index (χ4v) is 0.0510. The fourth-order valence-electron chi connectivity index (χ4n) is 0.0510. The van der Waals surface area contributed by atoms with Crippen molar-refractivity contribution >= 4 is 0 Å². The van der Waals surface area contributed by atoms with Gasteiger partial charge in [0.25, 0.3) is 0 Å². The molecule has 0 unspecified atom stereocenters. The van der Waals surface area contributed by atoms with Gasteiger partial charge in [0.05, 0.1) is 0 Å². The summed E-state index contributed by atoms with van der Waals surface area (Å²) in [5, 5.41) is 0. The largest absolute Gasteiger partial charge is 0.0911 e. The molecule has 0 heteroatoms. The van der Waals surface area contributed by atoms with E-state index in [0.29, 0.717) is 0 Å². The highest BCUT2D eigenvalue weighted by Gasteiger charge is 1.89. The van der Waals surface area contributed by atoms with Crippen LogP contribution in [-0.4, -0.2) is 0 Å². The molecule has 0 N–H and O–H groups in total. The maximum atomic E-state index is 3.50. The summed E-state index contributed by atoms with van der Waals surface area (Å²) in [5.74, 6) is 0. The highest BCUT2D eigenvalue weighted by atomic mass is 13.9. The third-order valence-corrected chi connectivity index (χ3v) is 0.348. The first-order valence-corrected chi connectivity index (χ1v) is 1.18. The Balaban J connectivity index is 2.80. The summed E-state index contributed by atoms with van der Waals surface area (Å²) in [7, 11) is 0. The van der Waals surface area contributed by atoms with Crippen molar-refractivity contribution in [1.29, 1.82) is 0 Å². The molecule has 0 nitrogen and oxygen atoms in total. The van der Waals surface area contributed by atoms with Crippen LogP contribution in [-0.2, 0) is 0 Å². The monoisotopic (exact) mass is 51.0 g/mol. The molecule has 0 aliphatic heterocycles. The molecule has 0 atom stereocenters. The van der Waals surface area contributed by atoms with E-state index in [-0.39, 0.29) is 0 Å². The van der Waals surface area contributed by atoms with Crippen molar-refractivity contribution in [3.05, 3.63) is 24.3 Å². The Labute approximate surface area is 25.4 Å².